The topological polar surface area (TPSA) is 72.8 Å². The molecule has 1 atom stereocenters. The van der Waals surface area contributed by atoms with Crippen molar-refractivity contribution in [2.75, 3.05) is 7.11 Å². The molecule has 2 rings (SSSR count). The van der Waals surface area contributed by atoms with E-state index in [1.165, 1.54) is 12.4 Å². The Hall–Kier alpha value is -2.60. The van der Waals surface area contributed by atoms with Gasteiger partial charge in [0.2, 0.25) is 0 Å². The number of carbonyl (C=O) groups excluding carboxylic acids is 1. The highest BCUT2D eigenvalue weighted by molar-refractivity contribution is 6.32. The number of ether oxygens (including phenoxy) is 2. The highest BCUT2D eigenvalue weighted by Gasteiger charge is 2.14. The van der Waals surface area contributed by atoms with Gasteiger partial charge in [0.05, 0.1) is 30.0 Å². The van der Waals surface area contributed by atoms with Gasteiger partial charge in [-0.15, -0.1) is 0 Å². The fraction of sp³-hybridized carbons (Fsp3) is 0.278. The van der Waals surface area contributed by atoms with Crippen molar-refractivity contribution in [1.82, 2.24) is 10.4 Å². The van der Waals surface area contributed by atoms with E-state index in [9.17, 15) is 4.79 Å². The van der Waals surface area contributed by atoms with Gasteiger partial charge in [0.1, 0.15) is 0 Å². The molecule has 0 radical (unpaired) electrons. The van der Waals surface area contributed by atoms with Crippen molar-refractivity contribution in [3.8, 4) is 11.5 Å². The quantitative estimate of drug-likeness (QED) is 0.603. The largest absolute Gasteiger partial charge is 0.493 e. The van der Waals surface area contributed by atoms with E-state index in [4.69, 9.17) is 21.1 Å². The van der Waals surface area contributed by atoms with Gasteiger partial charge >= 0.3 is 0 Å². The number of benzene rings is 1. The van der Waals surface area contributed by atoms with Gasteiger partial charge in [-0.3, -0.25) is 9.78 Å². The van der Waals surface area contributed by atoms with E-state index in [2.05, 4.69) is 15.5 Å². The van der Waals surface area contributed by atoms with Gasteiger partial charge in [0, 0.05) is 12.4 Å². The molecule has 0 saturated carbocycles. The fourth-order valence-electron chi connectivity index (χ4n) is 1.94. The summed E-state index contributed by atoms with van der Waals surface area (Å²) >= 11 is 6.29. The predicted molar refractivity (Wildman–Crippen MR) is 97.7 cm³/mol. The summed E-state index contributed by atoms with van der Waals surface area (Å²) in [5.41, 5.74) is 3.53. The Bertz CT molecular complexity index is 751. The number of carbonyl (C=O) groups is 1. The Balaban J connectivity index is 2.12. The van der Waals surface area contributed by atoms with Gasteiger partial charge < -0.3 is 9.47 Å². The molecule has 0 aliphatic heterocycles. The van der Waals surface area contributed by atoms with E-state index < -0.39 is 0 Å². The fourth-order valence-corrected chi connectivity index (χ4v) is 2.20. The normalized spacial score (nSPS) is 12.0. The summed E-state index contributed by atoms with van der Waals surface area (Å²) in [6, 6.07) is 6.77. The van der Waals surface area contributed by atoms with Gasteiger partial charge in [-0.25, -0.2) is 5.43 Å². The summed E-state index contributed by atoms with van der Waals surface area (Å²) in [7, 11) is 1.54. The van der Waals surface area contributed by atoms with E-state index >= 15 is 0 Å². The first kappa shape index (κ1) is 18.7. The van der Waals surface area contributed by atoms with Crippen LogP contribution in [0, 0.1) is 0 Å². The maximum absolute atomic E-state index is 11.9. The number of hydrogen-bond donors (Lipinski definition) is 1. The van der Waals surface area contributed by atoms with Crippen molar-refractivity contribution in [3.63, 3.8) is 0 Å². The van der Waals surface area contributed by atoms with Gasteiger partial charge in [0.15, 0.2) is 11.5 Å². The van der Waals surface area contributed by atoms with Crippen LogP contribution < -0.4 is 14.9 Å². The Kier molecular flexibility index (Phi) is 6.77. The maximum Gasteiger partial charge on any atom is 0.272 e. The Morgan fingerprint density at radius 1 is 1.48 bits per heavy atom. The third-order valence-electron chi connectivity index (χ3n) is 3.45. The molecule has 25 heavy (non-hydrogen) atoms. The van der Waals surface area contributed by atoms with Crippen molar-refractivity contribution in [2.45, 2.75) is 26.4 Å². The third-order valence-corrected chi connectivity index (χ3v) is 3.73. The predicted octanol–water partition coefficient (Wildman–Crippen LogP) is 3.68. The molecular formula is C18H20ClN3O3. The second-order valence-corrected chi connectivity index (χ2v) is 5.72. The smallest absolute Gasteiger partial charge is 0.272 e. The van der Waals surface area contributed by atoms with Crippen LogP contribution in [0.25, 0.3) is 0 Å². The minimum absolute atomic E-state index is 0.0182. The zero-order valence-corrected chi connectivity index (χ0v) is 15.1. The molecule has 1 aromatic heterocycles. The lowest BCUT2D eigenvalue weighted by molar-refractivity contribution is 0.0955. The molecule has 2 aromatic rings. The molecule has 1 heterocycles. The molecular weight excluding hydrogens is 342 g/mol. The van der Waals surface area contributed by atoms with Gasteiger partial charge in [-0.05, 0) is 43.2 Å². The van der Waals surface area contributed by atoms with Crippen LogP contribution in [-0.4, -0.2) is 30.3 Å². The lowest BCUT2D eigenvalue weighted by Gasteiger charge is -2.17. The summed E-state index contributed by atoms with van der Waals surface area (Å²) < 4.78 is 11.1. The number of methoxy groups -OCH3 is 1. The molecule has 6 nitrogen and oxygen atoms in total. The first-order chi connectivity index (χ1) is 12.0. The summed E-state index contributed by atoms with van der Waals surface area (Å²) in [6.45, 7) is 3.98. The van der Waals surface area contributed by atoms with Crippen LogP contribution in [0.1, 0.15) is 36.2 Å². The van der Waals surface area contributed by atoms with E-state index in [0.29, 0.717) is 27.6 Å². The van der Waals surface area contributed by atoms with Crippen LogP contribution >= 0.6 is 11.6 Å². The van der Waals surface area contributed by atoms with Crippen molar-refractivity contribution < 1.29 is 14.3 Å². The van der Waals surface area contributed by atoms with E-state index in [1.807, 2.05) is 13.8 Å². The van der Waals surface area contributed by atoms with Crippen molar-refractivity contribution in [3.05, 3.63) is 52.8 Å². The number of aromatic nitrogens is 1. The number of amides is 1. The molecule has 0 fully saturated rings. The van der Waals surface area contributed by atoms with E-state index in [1.54, 1.807) is 37.6 Å². The SMILES string of the molecule is CCC(C)Oc1c(Cl)cc(/C=N/NC(=O)c2cccnc2)cc1OC. The minimum atomic E-state index is -0.348. The molecule has 0 aliphatic rings. The van der Waals surface area contributed by atoms with Crippen molar-refractivity contribution in [1.29, 1.82) is 0 Å². The van der Waals surface area contributed by atoms with Gasteiger partial charge in [-0.1, -0.05) is 18.5 Å². The molecule has 0 spiro atoms. The second kappa shape index (κ2) is 9.03. The number of hydrogen-bond acceptors (Lipinski definition) is 5. The summed E-state index contributed by atoms with van der Waals surface area (Å²) in [5.74, 6) is 0.655. The van der Waals surface area contributed by atoms with Crippen LogP contribution in [-0.2, 0) is 0 Å². The van der Waals surface area contributed by atoms with Gasteiger partial charge in [-0.2, -0.15) is 5.10 Å². The average Bonchev–Trinajstić information content (AvgIpc) is 2.63. The molecule has 0 bridgehead atoms. The number of rotatable bonds is 7. The van der Waals surface area contributed by atoms with E-state index in [0.717, 1.165) is 6.42 Å². The summed E-state index contributed by atoms with van der Waals surface area (Å²) in [5, 5.41) is 4.35. The standard InChI is InChI=1S/C18H20ClN3O3/c1-4-12(2)25-17-15(19)8-13(9-16(17)24-3)10-21-22-18(23)14-6-5-7-20-11-14/h5-12H,4H2,1-3H3,(H,22,23)/b21-10+. The van der Waals surface area contributed by atoms with E-state index in [-0.39, 0.29) is 12.0 Å². The first-order valence-corrected chi connectivity index (χ1v) is 8.20. The molecule has 7 heteroatoms. The zero-order chi connectivity index (χ0) is 18.2. The van der Waals surface area contributed by atoms with Gasteiger partial charge in [0.25, 0.3) is 5.91 Å². The number of nitrogens with one attached hydrogen (secondary N) is 1. The van der Waals surface area contributed by atoms with Crippen LogP contribution in [0.15, 0.2) is 41.8 Å². The second-order valence-electron chi connectivity index (χ2n) is 5.31. The molecule has 1 amide bonds. The molecule has 1 unspecified atom stereocenters. The van der Waals surface area contributed by atoms with Crippen LogP contribution in [0.5, 0.6) is 11.5 Å². The molecule has 1 aromatic carbocycles. The lowest BCUT2D eigenvalue weighted by atomic mass is 10.2. The number of pyridine rings is 1. The Morgan fingerprint density at radius 3 is 2.92 bits per heavy atom. The first-order valence-electron chi connectivity index (χ1n) is 7.82. The monoisotopic (exact) mass is 361 g/mol. The molecule has 0 saturated heterocycles. The summed E-state index contributed by atoms with van der Waals surface area (Å²) in [4.78, 5) is 15.8. The molecule has 0 aliphatic carbocycles. The Morgan fingerprint density at radius 2 is 2.28 bits per heavy atom. The lowest BCUT2D eigenvalue weighted by Crippen LogP contribution is -2.17. The van der Waals surface area contributed by atoms with Crippen LogP contribution in [0.3, 0.4) is 0 Å². The minimum Gasteiger partial charge on any atom is -0.493 e. The van der Waals surface area contributed by atoms with Crippen molar-refractivity contribution >= 4 is 23.7 Å². The van der Waals surface area contributed by atoms with Crippen LogP contribution in [0.2, 0.25) is 5.02 Å². The highest BCUT2D eigenvalue weighted by Crippen LogP contribution is 2.37. The Labute approximate surface area is 151 Å². The molecule has 132 valence electrons. The number of hydrazone groups is 1. The average molecular weight is 362 g/mol. The van der Waals surface area contributed by atoms with Crippen molar-refractivity contribution in [2.24, 2.45) is 5.10 Å². The third kappa shape index (κ3) is 5.19. The highest BCUT2D eigenvalue weighted by atomic mass is 35.5. The zero-order valence-electron chi connectivity index (χ0n) is 14.3. The number of halogens is 1. The maximum atomic E-state index is 11.9. The number of nitrogens with zero attached hydrogens (tertiary/aromatic N) is 2. The summed E-state index contributed by atoms with van der Waals surface area (Å²) in [6.07, 6.45) is 5.41. The molecule has 1 N–H and O–H groups in total. The van der Waals surface area contributed by atoms with Crippen LogP contribution in [0.4, 0.5) is 0 Å².